The van der Waals surface area contributed by atoms with E-state index in [-0.39, 0.29) is 16.9 Å². The molecule has 0 saturated carbocycles. The first-order chi connectivity index (χ1) is 9.96. The molecule has 0 amide bonds. The Morgan fingerprint density at radius 2 is 1.67 bits per heavy atom. The van der Waals surface area contributed by atoms with E-state index in [9.17, 15) is 18.3 Å². The molecule has 3 rings (SSSR count). The van der Waals surface area contributed by atoms with E-state index in [0.29, 0.717) is 0 Å². The summed E-state index contributed by atoms with van der Waals surface area (Å²) in [6, 6.07) is 15.2. The van der Waals surface area contributed by atoms with Crippen LogP contribution in [-0.2, 0) is 26.8 Å². The van der Waals surface area contributed by atoms with Crippen LogP contribution in [0, 0.1) is 0 Å². The summed E-state index contributed by atoms with van der Waals surface area (Å²) in [5.41, 5.74) is -0.628. The fourth-order valence-electron chi connectivity index (χ4n) is 2.66. The fraction of sp³-hybridized carbons (Fsp3) is 0.133. The zero-order valence-corrected chi connectivity index (χ0v) is 11.8. The van der Waals surface area contributed by atoms with Crippen molar-refractivity contribution in [1.29, 1.82) is 0 Å². The molecular weight excluding hydrogens is 290 g/mol. The molecule has 0 spiro atoms. The Morgan fingerprint density at radius 3 is 2.33 bits per heavy atom. The molecule has 1 aliphatic rings. The molecule has 0 aromatic heterocycles. The van der Waals surface area contributed by atoms with Crippen LogP contribution in [0.4, 0.5) is 0 Å². The van der Waals surface area contributed by atoms with Crippen LogP contribution < -0.4 is 4.72 Å². The highest BCUT2D eigenvalue weighted by molar-refractivity contribution is 7.90. The molecule has 0 fully saturated rings. The number of aliphatic carboxylic acids is 1. The minimum Gasteiger partial charge on any atom is -0.480 e. The monoisotopic (exact) mass is 303 g/mol. The van der Waals surface area contributed by atoms with Gasteiger partial charge in [0.2, 0.25) is 10.0 Å². The Bertz CT molecular complexity index is 801. The maximum absolute atomic E-state index is 12.2. The largest absolute Gasteiger partial charge is 0.480 e. The molecule has 0 radical (unpaired) electrons. The van der Waals surface area contributed by atoms with E-state index in [1.807, 2.05) is 6.07 Å². The van der Waals surface area contributed by atoms with Crippen LogP contribution in [-0.4, -0.2) is 19.5 Å². The SMILES string of the molecule is O=C(O)[C@@]1(Cc2ccccc2)NS(=O)(=O)c2ccccc21. The molecule has 5 nitrogen and oxygen atoms in total. The lowest BCUT2D eigenvalue weighted by Crippen LogP contribution is -2.48. The molecule has 0 bridgehead atoms. The second-order valence-electron chi connectivity index (χ2n) is 4.97. The number of carbonyl (C=O) groups is 1. The fourth-order valence-corrected chi connectivity index (χ4v) is 4.29. The number of hydrogen-bond acceptors (Lipinski definition) is 3. The van der Waals surface area contributed by atoms with Crippen LogP contribution in [0.3, 0.4) is 0 Å². The Morgan fingerprint density at radius 1 is 1.05 bits per heavy atom. The average molecular weight is 303 g/mol. The summed E-state index contributed by atoms with van der Waals surface area (Å²) in [6.45, 7) is 0. The van der Waals surface area contributed by atoms with Gasteiger partial charge in [-0.25, -0.2) is 13.2 Å². The van der Waals surface area contributed by atoms with E-state index in [4.69, 9.17) is 0 Å². The molecule has 2 aromatic rings. The van der Waals surface area contributed by atoms with Crippen molar-refractivity contribution in [1.82, 2.24) is 4.72 Å². The van der Waals surface area contributed by atoms with Crippen molar-refractivity contribution in [3.8, 4) is 0 Å². The van der Waals surface area contributed by atoms with E-state index < -0.39 is 21.5 Å². The van der Waals surface area contributed by atoms with Gasteiger partial charge in [-0.1, -0.05) is 48.5 Å². The summed E-state index contributed by atoms with van der Waals surface area (Å²) in [6.07, 6.45) is 0.0550. The molecule has 2 N–H and O–H groups in total. The van der Waals surface area contributed by atoms with Gasteiger partial charge in [-0.2, -0.15) is 4.72 Å². The number of rotatable bonds is 3. The van der Waals surface area contributed by atoms with Crippen LogP contribution in [0.2, 0.25) is 0 Å². The van der Waals surface area contributed by atoms with Gasteiger partial charge >= 0.3 is 5.97 Å². The van der Waals surface area contributed by atoms with Gasteiger partial charge in [-0.3, -0.25) is 0 Å². The second kappa shape index (κ2) is 4.68. The molecular formula is C15H13NO4S. The van der Waals surface area contributed by atoms with Crippen LogP contribution in [0.25, 0.3) is 0 Å². The average Bonchev–Trinajstić information content (AvgIpc) is 2.70. The quantitative estimate of drug-likeness (QED) is 0.900. The predicted molar refractivity (Wildman–Crippen MR) is 76.2 cm³/mol. The van der Waals surface area contributed by atoms with Gasteiger partial charge in [0.05, 0.1) is 4.90 Å². The van der Waals surface area contributed by atoms with Crippen molar-refractivity contribution < 1.29 is 18.3 Å². The number of carboxylic acid groups (broad SMARTS) is 1. The Hall–Kier alpha value is -2.18. The number of benzene rings is 2. The third kappa shape index (κ3) is 2.12. The van der Waals surface area contributed by atoms with Crippen LogP contribution in [0.5, 0.6) is 0 Å². The maximum atomic E-state index is 12.2. The lowest BCUT2D eigenvalue weighted by Gasteiger charge is -2.24. The van der Waals surface area contributed by atoms with E-state index in [1.165, 1.54) is 6.07 Å². The van der Waals surface area contributed by atoms with Gasteiger partial charge in [-0.05, 0) is 11.6 Å². The van der Waals surface area contributed by atoms with Crippen LogP contribution in [0.15, 0.2) is 59.5 Å². The van der Waals surface area contributed by atoms with E-state index >= 15 is 0 Å². The highest BCUT2D eigenvalue weighted by Crippen LogP contribution is 2.38. The van der Waals surface area contributed by atoms with Crippen molar-refractivity contribution in [3.05, 3.63) is 65.7 Å². The number of carboxylic acids is 1. The molecule has 0 saturated heterocycles. The van der Waals surface area contributed by atoms with Crippen molar-refractivity contribution in [2.24, 2.45) is 0 Å². The molecule has 0 unspecified atom stereocenters. The summed E-state index contributed by atoms with van der Waals surface area (Å²) in [7, 11) is -3.81. The predicted octanol–water partition coefficient (Wildman–Crippen LogP) is 1.50. The van der Waals surface area contributed by atoms with Gasteiger partial charge in [0, 0.05) is 12.0 Å². The highest BCUT2D eigenvalue weighted by Gasteiger charge is 2.52. The number of sulfonamides is 1. The molecule has 21 heavy (non-hydrogen) atoms. The van der Waals surface area contributed by atoms with Crippen LogP contribution >= 0.6 is 0 Å². The standard InChI is InChI=1S/C15H13NO4S/c17-14(18)15(10-11-6-2-1-3-7-11)12-8-4-5-9-13(12)21(19,20)16-15/h1-9,16H,10H2,(H,17,18)/t15-/m0/s1. The summed E-state index contributed by atoms with van der Waals surface area (Å²) in [4.78, 5) is 11.9. The van der Waals surface area contributed by atoms with Gasteiger partial charge in [-0.15, -0.1) is 0 Å². The van der Waals surface area contributed by atoms with Crippen molar-refractivity contribution in [3.63, 3.8) is 0 Å². The Kier molecular flexibility index (Phi) is 3.07. The van der Waals surface area contributed by atoms with Crippen molar-refractivity contribution >= 4 is 16.0 Å². The first-order valence-corrected chi connectivity index (χ1v) is 7.85. The minimum atomic E-state index is -3.81. The van der Waals surface area contributed by atoms with E-state index in [1.54, 1.807) is 42.5 Å². The first kappa shape index (κ1) is 13.8. The number of fused-ring (bicyclic) bond motifs is 1. The lowest BCUT2D eigenvalue weighted by molar-refractivity contribution is -0.144. The molecule has 1 atom stereocenters. The third-order valence-electron chi connectivity index (χ3n) is 3.62. The van der Waals surface area contributed by atoms with Gasteiger partial charge < -0.3 is 5.11 Å². The summed E-state index contributed by atoms with van der Waals surface area (Å²) in [5.74, 6) is -1.21. The molecule has 2 aromatic carbocycles. The van der Waals surface area contributed by atoms with Crippen molar-refractivity contribution in [2.75, 3.05) is 0 Å². The van der Waals surface area contributed by atoms with Gasteiger partial charge in [0.1, 0.15) is 0 Å². The highest BCUT2D eigenvalue weighted by atomic mass is 32.2. The third-order valence-corrected chi connectivity index (χ3v) is 5.17. The first-order valence-electron chi connectivity index (χ1n) is 6.36. The minimum absolute atomic E-state index is 0.0309. The number of nitrogens with one attached hydrogen (secondary N) is 1. The molecule has 108 valence electrons. The van der Waals surface area contributed by atoms with E-state index in [2.05, 4.69) is 4.72 Å². The maximum Gasteiger partial charge on any atom is 0.329 e. The zero-order chi connectivity index (χ0) is 15.1. The molecule has 6 heteroatoms. The zero-order valence-electron chi connectivity index (χ0n) is 11.0. The number of hydrogen-bond donors (Lipinski definition) is 2. The van der Waals surface area contributed by atoms with Gasteiger partial charge in [0.15, 0.2) is 5.54 Å². The molecule has 0 aliphatic carbocycles. The topological polar surface area (TPSA) is 83.5 Å². The smallest absolute Gasteiger partial charge is 0.329 e. The molecule has 1 heterocycles. The summed E-state index contributed by atoms with van der Waals surface area (Å²) < 4.78 is 26.7. The molecule has 1 aliphatic heterocycles. The van der Waals surface area contributed by atoms with Crippen LogP contribution in [0.1, 0.15) is 11.1 Å². The van der Waals surface area contributed by atoms with Gasteiger partial charge in [0.25, 0.3) is 0 Å². The summed E-state index contributed by atoms with van der Waals surface area (Å²) >= 11 is 0. The Labute approximate surface area is 122 Å². The van der Waals surface area contributed by atoms with E-state index in [0.717, 1.165) is 5.56 Å². The second-order valence-corrected chi connectivity index (χ2v) is 6.63. The normalized spacial score (nSPS) is 22.7. The lowest BCUT2D eigenvalue weighted by atomic mass is 9.85. The summed E-state index contributed by atoms with van der Waals surface area (Å²) in [5, 5.41) is 9.68. The van der Waals surface area contributed by atoms with Crippen molar-refractivity contribution in [2.45, 2.75) is 16.9 Å². The Balaban J connectivity index is 2.19.